The summed E-state index contributed by atoms with van der Waals surface area (Å²) >= 11 is 0. The van der Waals surface area contributed by atoms with Crippen LogP contribution in [0.25, 0.3) is 10.9 Å². The Morgan fingerprint density at radius 3 is 2.48 bits per heavy atom. The summed E-state index contributed by atoms with van der Waals surface area (Å²) in [5.41, 5.74) is 2.65. The highest BCUT2D eigenvalue weighted by Crippen LogP contribution is 2.38. The zero-order chi connectivity index (χ0) is 21.0. The first-order chi connectivity index (χ1) is 14.0. The van der Waals surface area contributed by atoms with Crippen molar-refractivity contribution in [3.8, 4) is 5.75 Å². The maximum absolute atomic E-state index is 12.9. The molecule has 0 spiro atoms. The minimum Gasteiger partial charge on any atom is -0.495 e. The summed E-state index contributed by atoms with van der Waals surface area (Å²) in [7, 11) is 3.47. The number of ether oxygens (including phenoxy) is 2. The van der Waals surface area contributed by atoms with E-state index in [1.54, 1.807) is 14.0 Å². The van der Waals surface area contributed by atoms with Gasteiger partial charge in [-0.15, -0.1) is 0 Å². The van der Waals surface area contributed by atoms with Gasteiger partial charge in [0.15, 0.2) is 6.54 Å². The molecule has 7 nitrogen and oxygen atoms in total. The van der Waals surface area contributed by atoms with Crippen LogP contribution in [0.2, 0.25) is 0 Å². The number of carbonyl (C=O) groups is 2. The third kappa shape index (κ3) is 4.40. The van der Waals surface area contributed by atoms with Gasteiger partial charge in [0.2, 0.25) is 0 Å². The molecule has 0 unspecified atom stereocenters. The van der Waals surface area contributed by atoms with Crippen LogP contribution in [-0.2, 0) is 16.6 Å². The molecule has 3 rings (SSSR count). The van der Waals surface area contributed by atoms with Gasteiger partial charge in [0, 0.05) is 18.1 Å². The van der Waals surface area contributed by atoms with Crippen molar-refractivity contribution in [2.24, 2.45) is 7.05 Å². The van der Waals surface area contributed by atoms with Crippen LogP contribution in [0, 0.1) is 6.92 Å². The quantitative estimate of drug-likeness (QED) is 0.726. The topological polar surface area (TPSA) is 74.0 Å². The molecule has 1 fully saturated rings. The molecule has 0 bridgehead atoms. The molecule has 0 radical (unpaired) electrons. The molecule has 1 aliphatic rings. The Balaban J connectivity index is 1.99. The van der Waals surface area contributed by atoms with Gasteiger partial charge in [-0.05, 0) is 51.7 Å². The molecule has 7 heteroatoms. The summed E-state index contributed by atoms with van der Waals surface area (Å²) in [5.74, 6) is 0.0781. The molecule has 2 N–H and O–H groups in total. The van der Waals surface area contributed by atoms with E-state index in [4.69, 9.17) is 9.47 Å². The first-order valence-electron chi connectivity index (χ1n) is 10.4. The molecule has 1 aromatic carbocycles. The van der Waals surface area contributed by atoms with Crippen LogP contribution in [-0.4, -0.2) is 49.8 Å². The van der Waals surface area contributed by atoms with Gasteiger partial charge in [-0.25, -0.2) is 4.79 Å². The van der Waals surface area contributed by atoms with E-state index in [9.17, 15) is 9.59 Å². The largest absolute Gasteiger partial charge is 0.495 e. The first kappa shape index (κ1) is 21.2. The van der Waals surface area contributed by atoms with E-state index in [1.807, 2.05) is 30.7 Å². The van der Waals surface area contributed by atoms with Crippen molar-refractivity contribution in [2.45, 2.75) is 39.5 Å². The smallest absolute Gasteiger partial charge is 0.340 e. The second-order valence-corrected chi connectivity index (χ2v) is 7.67. The molecule has 2 aromatic rings. The standard InChI is InChI=1S/C22H31N3O4/c1-5-29-22(27)19-15(2)24(3)16-10-11-17(28-4)21(20(16)19)23-18(26)14-25-12-8-6-7-9-13-25/h10-11H,5-9,12-14H2,1-4H3,(H,23,26)/p+1. The Hall–Kier alpha value is -2.54. The summed E-state index contributed by atoms with van der Waals surface area (Å²) in [6.07, 6.45) is 4.80. The SMILES string of the molecule is CCOC(=O)c1c(C)n(C)c2ccc(OC)c(NC(=O)C[NH+]3CCCCCC3)c12. The van der Waals surface area contributed by atoms with Crippen molar-refractivity contribution in [3.63, 3.8) is 0 Å². The van der Waals surface area contributed by atoms with Gasteiger partial charge in [-0.2, -0.15) is 0 Å². The van der Waals surface area contributed by atoms with E-state index in [-0.39, 0.29) is 5.91 Å². The maximum Gasteiger partial charge on any atom is 0.340 e. The van der Waals surface area contributed by atoms with Crippen LogP contribution in [0.1, 0.15) is 48.7 Å². The van der Waals surface area contributed by atoms with Crippen LogP contribution < -0.4 is 15.0 Å². The van der Waals surface area contributed by atoms with Crippen LogP contribution in [0.3, 0.4) is 0 Å². The van der Waals surface area contributed by atoms with E-state index in [1.165, 1.54) is 17.7 Å². The number of nitrogens with one attached hydrogen (secondary N) is 2. The summed E-state index contributed by atoms with van der Waals surface area (Å²) in [5, 5.41) is 3.71. The summed E-state index contributed by atoms with van der Waals surface area (Å²) in [6.45, 7) is 6.41. The van der Waals surface area contributed by atoms with Crippen molar-refractivity contribution in [1.29, 1.82) is 0 Å². The number of hydrogen-bond acceptors (Lipinski definition) is 4. The number of fused-ring (bicyclic) bond motifs is 1. The zero-order valence-electron chi connectivity index (χ0n) is 17.9. The number of benzene rings is 1. The monoisotopic (exact) mass is 402 g/mol. The van der Waals surface area contributed by atoms with E-state index in [0.29, 0.717) is 35.5 Å². The number of methoxy groups -OCH3 is 1. The number of likely N-dealkylation sites (tertiary alicyclic amines) is 1. The third-order valence-corrected chi connectivity index (χ3v) is 5.81. The molecule has 1 saturated heterocycles. The van der Waals surface area contributed by atoms with Gasteiger partial charge in [0.05, 0.1) is 43.6 Å². The van der Waals surface area contributed by atoms with E-state index in [2.05, 4.69) is 5.32 Å². The summed E-state index contributed by atoms with van der Waals surface area (Å²) in [4.78, 5) is 26.9. The molecule has 1 aromatic heterocycles. The van der Waals surface area contributed by atoms with Crippen LogP contribution >= 0.6 is 0 Å². The van der Waals surface area contributed by atoms with Gasteiger partial charge >= 0.3 is 5.97 Å². The van der Waals surface area contributed by atoms with Crippen LogP contribution in [0.5, 0.6) is 5.75 Å². The molecule has 0 aliphatic carbocycles. The van der Waals surface area contributed by atoms with Crippen LogP contribution in [0.15, 0.2) is 12.1 Å². The Morgan fingerprint density at radius 1 is 1.17 bits per heavy atom. The minimum atomic E-state index is -0.391. The molecular weight excluding hydrogens is 370 g/mol. The van der Waals surface area contributed by atoms with Gasteiger partial charge < -0.3 is 24.3 Å². The fourth-order valence-corrected chi connectivity index (χ4v) is 4.20. The molecule has 2 heterocycles. The summed E-state index contributed by atoms with van der Waals surface area (Å²) in [6, 6.07) is 3.73. The molecule has 0 atom stereocenters. The Bertz CT molecular complexity index is 895. The van der Waals surface area contributed by atoms with E-state index in [0.717, 1.165) is 37.1 Å². The van der Waals surface area contributed by atoms with Crippen molar-refractivity contribution in [1.82, 2.24) is 4.57 Å². The number of amides is 1. The second-order valence-electron chi connectivity index (χ2n) is 7.67. The highest BCUT2D eigenvalue weighted by Gasteiger charge is 2.26. The molecule has 158 valence electrons. The first-order valence-corrected chi connectivity index (χ1v) is 10.4. The normalized spacial score (nSPS) is 15.2. The lowest BCUT2D eigenvalue weighted by Crippen LogP contribution is -3.12. The van der Waals surface area contributed by atoms with E-state index < -0.39 is 5.97 Å². The highest BCUT2D eigenvalue weighted by molar-refractivity contribution is 6.14. The average Bonchev–Trinajstić information content (AvgIpc) is 2.85. The lowest BCUT2D eigenvalue weighted by atomic mass is 10.1. The number of nitrogens with zero attached hydrogens (tertiary/aromatic N) is 1. The average molecular weight is 403 g/mol. The highest BCUT2D eigenvalue weighted by atomic mass is 16.5. The Morgan fingerprint density at radius 2 is 1.86 bits per heavy atom. The number of rotatable bonds is 6. The molecule has 29 heavy (non-hydrogen) atoms. The lowest BCUT2D eigenvalue weighted by Gasteiger charge is -2.18. The van der Waals surface area contributed by atoms with Crippen molar-refractivity contribution in [2.75, 3.05) is 38.7 Å². The van der Waals surface area contributed by atoms with Crippen molar-refractivity contribution < 1.29 is 24.0 Å². The number of anilines is 1. The van der Waals surface area contributed by atoms with Gasteiger partial charge in [0.25, 0.3) is 5.91 Å². The minimum absolute atomic E-state index is 0.0657. The molecular formula is C22H32N3O4+. The molecule has 0 saturated carbocycles. The molecule has 1 amide bonds. The van der Waals surface area contributed by atoms with Gasteiger partial charge in [-0.3, -0.25) is 4.79 Å². The van der Waals surface area contributed by atoms with Crippen molar-refractivity contribution in [3.05, 3.63) is 23.4 Å². The van der Waals surface area contributed by atoms with Gasteiger partial charge in [-0.1, -0.05) is 0 Å². The molecule has 1 aliphatic heterocycles. The number of aryl methyl sites for hydroxylation is 1. The van der Waals surface area contributed by atoms with Gasteiger partial charge in [0.1, 0.15) is 5.75 Å². The fourth-order valence-electron chi connectivity index (χ4n) is 4.20. The van der Waals surface area contributed by atoms with E-state index >= 15 is 0 Å². The zero-order valence-corrected chi connectivity index (χ0v) is 17.9. The predicted molar refractivity (Wildman–Crippen MR) is 113 cm³/mol. The Kier molecular flexibility index (Phi) is 6.79. The number of carbonyl (C=O) groups excluding carboxylic acids is 2. The number of quaternary nitrogens is 1. The number of aromatic nitrogens is 1. The predicted octanol–water partition coefficient (Wildman–Crippen LogP) is 2.07. The van der Waals surface area contributed by atoms with Crippen LogP contribution in [0.4, 0.5) is 5.69 Å². The fraction of sp³-hybridized carbons (Fsp3) is 0.545. The lowest BCUT2D eigenvalue weighted by molar-refractivity contribution is -0.890. The van der Waals surface area contributed by atoms with Crippen molar-refractivity contribution >= 4 is 28.5 Å². The maximum atomic E-state index is 12.9. The third-order valence-electron chi connectivity index (χ3n) is 5.81. The Labute approximate surface area is 171 Å². The summed E-state index contributed by atoms with van der Waals surface area (Å²) < 4.78 is 12.8. The number of esters is 1. The second kappa shape index (κ2) is 9.31. The number of hydrogen-bond donors (Lipinski definition) is 2.